The number of halogens is 2. The van der Waals surface area contributed by atoms with Gasteiger partial charge in [-0.3, -0.25) is 4.79 Å². The van der Waals surface area contributed by atoms with Crippen molar-refractivity contribution in [2.75, 3.05) is 13.2 Å². The highest BCUT2D eigenvalue weighted by Crippen LogP contribution is 2.19. The zero-order valence-corrected chi connectivity index (χ0v) is 14.3. The van der Waals surface area contributed by atoms with E-state index in [9.17, 15) is 14.0 Å². The van der Waals surface area contributed by atoms with E-state index in [0.717, 1.165) is 19.3 Å². The highest BCUT2D eigenvalue weighted by Gasteiger charge is 2.15. The molecule has 0 unspecified atom stereocenters. The minimum Gasteiger partial charge on any atom is -0.452 e. The van der Waals surface area contributed by atoms with Gasteiger partial charge in [0, 0.05) is 11.0 Å². The fourth-order valence-electron chi connectivity index (χ4n) is 2.41. The number of carbonyl (C=O) groups excluding carboxylic acids is 2. The molecule has 1 aliphatic carbocycles. The molecule has 1 aromatic carbocycles. The maximum Gasteiger partial charge on any atom is 0.341 e. The van der Waals surface area contributed by atoms with Crippen molar-refractivity contribution < 1.29 is 18.7 Å². The quantitative estimate of drug-likeness (QED) is 0.601. The van der Waals surface area contributed by atoms with Crippen LogP contribution in [-0.4, -0.2) is 25.0 Å². The minimum absolute atomic E-state index is 0.195. The third kappa shape index (κ3) is 5.78. The highest BCUT2D eigenvalue weighted by atomic mass is 79.9. The molecule has 124 valence electrons. The summed E-state index contributed by atoms with van der Waals surface area (Å²) in [6, 6.07) is 3.97. The van der Waals surface area contributed by atoms with Crippen molar-refractivity contribution in [3.8, 4) is 0 Å². The second-order valence-corrected chi connectivity index (χ2v) is 6.32. The van der Waals surface area contributed by atoms with Crippen LogP contribution in [-0.2, 0) is 9.53 Å². The van der Waals surface area contributed by atoms with E-state index in [2.05, 4.69) is 27.3 Å². The van der Waals surface area contributed by atoms with Gasteiger partial charge in [-0.05, 0) is 50.3 Å². The predicted octanol–water partition coefficient (Wildman–Crippen LogP) is 3.75. The van der Waals surface area contributed by atoms with Crippen LogP contribution in [0.25, 0.3) is 0 Å². The molecule has 0 heterocycles. The summed E-state index contributed by atoms with van der Waals surface area (Å²) in [4.78, 5) is 23.4. The number of nitrogens with one attached hydrogen (secondary N) is 1. The van der Waals surface area contributed by atoms with Gasteiger partial charge in [-0.15, -0.1) is 0 Å². The Balaban J connectivity index is 1.72. The first-order valence-corrected chi connectivity index (χ1v) is 8.42. The first kappa shape index (κ1) is 17.7. The molecule has 1 amide bonds. The van der Waals surface area contributed by atoms with E-state index in [1.807, 2.05) is 0 Å². The van der Waals surface area contributed by atoms with Crippen molar-refractivity contribution in [1.82, 2.24) is 5.32 Å². The van der Waals surface area contributed by atoms with Crippen LogP contribution in [0, 0.1) is 5.82 Å². The standard InChI is InChI=1S/C17H19BrFNO3/c18-13-6-7-15(19)14(10-13)17(22)23-11-16(21)20-9-8-12-4-2-1-3-5-12/h4,6-7,10H,1-3,5,8-9,11H2,(H,20,21). The Bertz CT molecular complexity index is 616. The Labute approximate surface area is 143 Å². The number of hydrogen-bond donors (Lipinski definition) is 1. The van der Waals surface area contributed by atoms with Crippen LogP contribution >= 0.6 is 15.9 Å². The summed E-state index contributed by atoms with van der Waals surface area (Å²) in [6.45, 7) is 0.108. The molecule has 23 heavy (non-hydrogen) atoms. The minimum atomic E-state index is -0.853. The van der Waals surface area contributed by atoms with Crippen molar-refractivity contribution in [1.29, 1.82) is 0 Å². The molecule has 0 fully saturated rings. The van der Waals surface area contributed by atoms with E-state index in [4.69, 9.17) is 4.74 Å². The second-order valence-electron chi connectivity index (χ2n) is 5.41. The topological polar surface area (TPSA) is 55.4 Å². The van der Waals surface area contributed by atoms with Crippen LogP contribution < -0.4 is 5.32 Å². The molecular formula is C17H19BrFNO3. The number of benzene rings is 1. The van der Waals surface area contributed by atoms with E-state index in [1.54, 1.807) is 0 Å². The molecule has 0 atom stereocenters. The van der Waals surface area contributed by atoms with Crippen LogP contribution in [0.2, 0.25) is 0 Å². The number of allylic oxidation sites excluding steroid dienone is 1. The fourth-order valence-corrected chi connectivity index (χ4v) is 2.77. The average Bonchev–Trinajstić information content (AvgIpc) is 2.56. The first-order chi connectivity index (χ1) is 11.1. The maximum atomic E-state index is 13.5. The molecule has 2 rings (SSSR count). The van der Waals surface area contributed by atoms with Gasteiger partial charge in [-0.2, -0.15) is 0 Å². The third-order valence-electron chi connectivity index (χ3n) is 3.64. The zero-order valence-electron chi connectivity index (χ0n) is 12.7. The number of rotatable bonds is 6. The Hall–Kier alpha value is -1.69. The van der Waals surface area contributed by atoms with Gasteiger partial charge in [0.2, 0.25) is 0 Å². The molecule has 1 aliphatic rings. The lowest BCUT2D eigenvalue weighted by Crippen LogP contribution is -2.30. The molecule has 0 saturated carbocycles. The van der Waals surface area contributed by atoms with Gasteiger partial charge in [-0.25, -0.2) is 9.18 Å². The predicted molar refractivity (Wildman–Crippen MR) is 88.6 cm³/mol. The highest BCUT2D eigenvalue weighted by molar-refractivity contribution is 9.10. The normalized spacial score (nSPS) is 14.1. The Morgan fingerprint density at radius 1 is 1.30 bits per heavy atom. The van der Waals surface area contributed by atoms with Gasteiger partial charge in [-0.1, -0.05) is 27.6 Å². The van der Waals surface area contributed by atoms with Gasteiger partial charge in [0.15, 0.2) is 6.61 Å². The van der Waals surface area contributed by atoms with Gasteiger partial charge >= 0.3 is 5.97 Å². The van der Waals surface area contributed by atoms with E-state index < -0.39 is 18.4 Å². The molecule has 1 aromatic rings. The second kappa shape index (κ2) is 8.82. The Morgan fingerprint density at radius 3 is 2.87 bits per heavy atom. The average molecular weight is 384 g/mol. The summed E-state index contributed by atoms with van der Waals surface area (Å²) in [5, 5.41) is 2.70. The Morgan fingerprint density at radius 2 is 2.13 bits per heavy atom. The monoisotopic (exact) mass is 383 g/mol. The smallest absolute Gasteiger partial charge is 0.341 e. The molecular weight excluding hydrogens is 365 g/mol. The van der Waals surface area contributed by atoms with Gasteiger partial charge in [0.25, 0.3) is 5.91 Å². The van der Waals surface area contributed by atoms with Gasteiger partial charge < -0.3 is 10.1 Å². The lowest BCUT2D eigenvalue weighted by atomic mass is 9.97. The lowest BCUT2D eigenvalue weighted by Gasteiger charge is -2.13. The molecule has 6 heteroatoms. The van der Waals surface area contributed by atoms with E-state index in [0.29, 0.717) is 11.0 Å². The van der Waals surface area contributed by atoms with Gasteiger partial charge in [0.1, 0.15) is 5.82 Å². The molecule has 0 saturated heterocycles. The summed E-state index contributed by atoms with van der Waals surface area (Å²) in [7, 11) is 0. The van der Waals surface area contributed by atoms with Crippen LogP contribution in [0.3, 0.4) is 0 Å². The molecule has 4 nitrogen and oxygen atoms in total. The summed E-state index contributed by atoms with van der Waals surface area (Å²) < 4.78 is 18.9. The summed E-state index contributed by atoms with van der Waals surface area (Å²) >= 11 is 3.16. The molecule has 0 spiro atoms. The number of hydrogen-bond acceptors (Lipinski definition) is 3. The summed E-state index contributed by atoms with van der Waals surface area (Å²) in [6.07, 6.45) is 7.69. The number of amides is 1. The molecule has 0 radical (unpaired) electrons. The molecule has 0 bridgehead atoms. The van der Waals surface area contributed by atoms with Crippen LogP contribution in [0.4, 0.5) is 4.39 Å². The summed E-state index contributed by atoms with van der Waals surface area (Å²) in [5.74, 6) is -1.91. The van der Waals surface area contributed by atoms with Crippen LogP contribution in [0.1, 0.15) is 42.5 Å². The molecule has 1 N–H and O–H groups in total. The van der Waals surface area contributed by atoms with Crippen molar-refractivity contribution in [2.45, 2.75) is 32.1 Å². The van der Waals surface area contributed by atoms with Crippen molar-refractivity contribution in [3.63, 3.8) is 0 Å². The summed E-state index contributed by atoms with van der Waals surface area (Å²) in [5.41, 5.74) is 1.17. The molecule has 0 aromatic heterocycles. The number of ether oxygens (including phenoxy) is 1. The largest absolute Gasteiger partial charge is 0.452 e. The van der Waals surface area contributed by atoms with Gasteiger partial charge in [0.05, 0.1) is 5.56 Å². The van der Waals surface area contributed by atoms with E-state index >= 15 is 0 Å². The Kier molecular flexibility index (Phi) is 6.77. The zero-order chi connectivity index (χ0) is 16.7. The first-order valence-electron chi connectivity index (χ1n) is 7.63. The number of carbonyl (C=O) groups is 2. The molecule has 0 aliphatic heterocycles. The third-order valence-corrected chi connectivity index (χ3v) is 4.13. The van der Waals surface area contributed by atoms with Crippen molar-refractivity contribution >= 4 is 27.8 Å². The van der Waals surface area contributed by atoms with Crippen molar-refractivity contribution in [3.05, 3.63) is 45.7 Å². The van der Waals surface area contributed by atoms with Crippen LogP contribution in [0.5, 0.6) is 0 Å². The SMILES string of the molecule is O=C(COC(=O)c1cc(Br)ccc1F)NCCC1=CCCCC1. The fraction of sp³-hybridized carbons (Fsp3) is 0.412. The van der Waals surface area contributed by atoms with Crippen molar-refractivity contribution in [2.24, 2.45) is 0 Å². The number of esters is 1. The van der Waals surface area contributed by atoms with Crippen LogP contribution in [0.15, 0.2) is 34.3 Å². The maximum absolute atomic E-state index is 13.5. The van der Waals surface area contributed by atoms with E-state index in [-0.39, 0.29) is 11.5 Å². The van der Waals surface area contributed by atoms with E-state index in [1.165, 1.54) is 36.6 Å². The lowest BCUT2D eigenvalue weighted by molar-refractivity contribution is -0.124.